The summed E-state index contributed by atoms with van der Waals surface area (Å²) >= 11 is 0. The Morgan fingerprint density at radius 3 is 1.85 bits per heavy atom. The Morgan fingerprint density at radius 1 is 0.731 bits per heavy atom. The fourth-order valence-electron chi connectivity index (χ4n) is 4.72. The SMILES string of the molecule is c1ccc(C2OC(c3ccccc3)(c3ccccc3)N3CCCC23)cc1. The van der Waals surface area contributed by atoms with Crippen molar-refractivity contribution in [2.24, 2.45) is 0 Å². The third-order valence-electron chi connectivity index (χ3n) is 5.81. The average Bonchev–Trinajstić information content (AvgIpc) is 3.32. The van der Waals surface area contributed by atoms with Crippen LogP contribution in [0.4, 0.5) is 0 Å². The standard InChI is InChI=1S/C24H23NO/c1-4-11-19(12-5-1)23-22-17-10-18-25(22)24(26-23,20-13-6-2-7-14-20)21-15-8-3-9-16-21/h1-9,11-16,22-23H,10,17-18H2. The maximum Gasteiger partial charge on any atom is 0.175 e. The topological polar surface area (TPSA) is 12.5 Å². The lowest BCUT2D eigenvalue weighted by Crippen LogP contribution is -2.44. The molecule has 26 heavy (non-hydrogen) atoms. The van der Waals surface area contributed by atoms with Crippen LogP contribution in [0, 0.1) is 0 Å². The van der Waals surface area contributed by atoms with Crippen LogP contribution in [0.5, 0.6) is 0 Å². The van der Waals surface area contributed by atoms with Crippen molar-refractivity contribution in [1.82, 2.24) is 4.90 Å². The Balaban J connectivity index is 1.70. The molecule has 2 nitrogen and oxygen atoms in total. The van der Waals surface area contributed by atoms with Crippen molar-refractivity contribution in [2.75, 3.05) is 6.54 Å². The second kappa shape index (κ2) is 6.39. The molecule has 2 atom stereocenters. The zero-order chi connectivity index (χ0) is 17.4. The number of rotatable bonds is 3. The van der Waals surface area contributed by atoms with Crippen LogP contribution in [0.3, 0.4) is 0 Å². The van der Waals surface area contributed by atoms with Crippen molar-refractivity contribution in [2.45, 2.75) is 30.7 Å². The van der Waals surface area contributed by atoms with E-state index in [1.165, 1.54) is 29.5 Å². The quantitative estimate of drug-likeness (QED) is 0.655. The summed E-state index contributed by atoms with van der Waals surface area (Å²) in [4.78, 5) is 2.59. The Bertz CT molecular complexity index is 823. The van der Waals surface area contributed by atoms with Crippen LogP contribution < -0.4 is 0 Å². The van der Waals surface area contributed by atoms with Crippen molar-refractivity contribution in [3.8, 4) is 0 Å². The van der Waals surface area contributed by atoms with Crippen LogP contribution >= 0.6 is 0 Å². The molecule has 2 fully saturated rings. The molecule has 130 valence electrons. The van der Waals surface area contributed by atoms with E-state index < -0.39 is 5.72 Å². The molecule has 2 aliphatic rings. The lowest BCUT2D eigenvalue weighted by Gasteiger charge is -2.37. The molecule has 3 aromatic rings. The van der Waals surface area contributed by atoms with E-state index in [1.54, 1.807) is 0 Å². The summed E-state index contributed by atoms with van der Waals surface area (Å²) in [6, 6.07) is 32.6. The van der Waals surface area contributed by atoms with Gasteiger partial charge in [-0.2, -0.15) is 0 Å². The first kappa shape index (κ1) is 15.8. The molecule has 0 amide bonds. The maximum atomic E-state index is 7.00. The number of benzene rings is 3. The van der Waals surface area contributed by atoms with Crippen molar-refractivity contribution >= 4 is 0 Å². The normalized spacial score (nSPS) is 24.5. The minimum atomic E-state index is -0.510. The van der Waals surface area contributed by atoms with Crippen LogP contribution in [-0.4, -0.2) is 17.5 Å². The molecule has 2 aliphatic heterocycles. The lowest BCUT2D eigenvalue weighted by atomic mass is 9.93. The highest BCUT2D eigenvalue weighted by molar-refractivity contribution is 5.39. The van der Waals surface area contributed by atoms with Crippen LogP contribution in [-0.2, 0) is 10.5 Å². The highest BCUT2D eigenvalue weighted by atomic mass is 16.5. The molecule has 0 radical (unpaired) electrons. The van der Waals surface area contributed by atoms with Crippen LogP contribution in [0.1, 0.15) is 35.6 Å². The molecule has 0 bridgehead atoms. The van der Waals surface area contributed by atoms with Gasteiger partial charge in [-0.1, -0.05) is 91.0 Å². The van der Waals surface area contributed by atoms with E-state index in [-0.39, 0.29) is 6.10 Å². The molecule has 2 heteroatoms. The molecular formula is C24H23NO. The highest BCUT2D eigenvalue weighted by Crippen LogP contribution is 2.53. The second-order valence-corrected chi connectivity index (χ2v) is 7.23. The molecule has 0 spiro atoms. The van der Waals surface area contributed by atoms with Gasteiger partial charge in [-0.25, -0.2) is 0 Å². The summed E-state index contributed by atoms with van der Waals surface area (Å²) in [5.41, 5.74) is 3.20. The van der Waals surface area contributed by atoms with Gasteiger partial charge in [0.2, 0.25) is 0 Å². The third kappa shape index (κ3) is 2.33. The van der Waals surface area contributed by atoms with Gasteiger partial charge < -0.3 is 4.74 Å². The highest BCUT2D eigenvalue weighted by Gasteiger charge is 2.56. The Labute approximate surface area is 155 Å². The minimum Gasteiger partial charge on any atom is -0.342 e. The van der Waals surface area contributed by atoms with Gasteiger partial charge in [0.25, 0.3) is 0 Å². The molecule has 0 aliphatic carbocycles. The van der Waals surface area contributed by atoms with Crippen LogP contribution in [0.2, 0.25) is 0 Å². The molecule has 0 N–H and O–H groups in total. The van der Waals surface area contributed by atoms with Gasteiger partial charge in [-0.05, 0) is 18.4 Å². The van der Waals surface area contributed by atoms with Gasteiger partial charge >= 0.3 is 0 Å². The average molecular weight is 341 g/mol. The largest absolute Gasteiger partial charge is 0.342 e. The summed E-state index contributed by atoms with van der Waals surface area (Å²) in [7, 11) is 0. The van der Waals surface area contributed by atoms with E-state index in [4.69, 9.17) is 4.74 Å². The van der Waals surface area contributed by atoms with Gasteiger partial charge in [-0.15, -0.1) is 0 Å². The van der Waals surface area contributed by atoms with Gasteiger partial charge in [0.15, 0.2) is 5.72 Å². The Kier molecular flexibility index (Phi) is 3.88. The van der Waals surface area contributed by atoms with Gasteiger partial charge in [0.05, 0.1) is 0 Å². The molecule has 0 aromatic heterocycles. The van der Waals surface area contributed by atoms with E-state index in [2.05, 4.69) is 95.9 Å². The number of ether oxygens (including phenoxy) is 1. The van der Waals surface area contributed by atoms with Gasteiger partial charge in [-0.3, -0.25) is 4.90 Å². The zero-order valence-corrected chi connectivity index (χ0v) is 14.8. The molecule has 2 saturated heterocycles. The lowest BCUT2D eigenvalue weighted by molar-refractivity contribution is -0.0780. The first-order valence-electron chi connectivity index (χ1n) is 9.50. The van der Waals surface area contributed by atoms with E-state index in [9.17, 15) is 0 Å². The fraction of sp³-hybridized carbons (Fsp3) is 0.250. The zero-order valence-electron chi connectivity index (χ0n) is 14.8. The number of hydrogen-bond donors (Lipinski definition) is 0. The molecule has 3 aromatic carbocycles. The first-order valence-corrected chi connectivity index (χ1v) is 9.50. The number of fused-ring (bicyclic) bond motifs is 1. The van der Waals surface area contributed by atoms with Crippen molar-refractivity contribution < 1.29 is 4.74 Å². The Hall–Kier alpha value is -2.42. The van der Waals surface area contributed by atoms with Crippen molar-refractivity contribution in [3.05, 3.63) is 108 Å². The summed E-state index contributed by atoms with van der Waals surface area (Å²) in [5.74, 6) is 0. The monoisotopic (exact) mass is 341 g/mol. The van der Waals surface area contributed by atoms with Crippen LogP contribution in [0.15, 0.2) is 91.0 Å². The Morgan fingerprint density at radius 2 is 1.27 bits per heavy atom. The number of nitrogens with zero attached hydrogens (tertiary/aromatic N) is 1. The van der Waals surface area contributed by atoms with Crippen molar-refractivity contribution in [1.29, 1.82) is 0 Å². The molecule has 2 heterocycles. The second-order valence-electron chi connectivity index (χ2n) is 7.23. The number of hydrogen-bond acceptors (Lipinski definition) is 2. The van der Waals surface area contributed by atoms with Gasteiger partial charge in [0, 0.05) is 23.7 Å². The molecular weight excluding hydrogens is 318 g/mol. The van der Waals surface area contributed by atoms with Crippen LogP contribution in [0.25, 0.3) is 0 Å². The smallest absolute Gasteiger partial charge is 0.175 e. The predicted octanol–water partition coefficient (Wildman–Crippen LogP) is 5.12. The van der Waals surface area contributed by atoms with Crippen molar-refractivity contribution in [3.63, 3.8) is 0 Å². The first-order chi connectivity index (χ1) is 12.9. The summed E-state index contributed by atoms with van der Waals surface area (Å²) < 4.78 is 7.00. The summed E-state index contributed by atoms with van der Waals surface area (Å²) in [6.07, 6.45) is 2.50. The van der Waals surface area contributed by atoms with E-state index in [1.807, 2.05) is 0 Å². The summed E-state index contributed by atoms with van der Waals surface area (Å²) in [5, 5.41) is 0. The van der Waals surface area contributed by atoms with Gasteiger partial charge in [0.1, 0.15) is 6.10 Å². The predicted molar refractivity (Wildman–Crippen MR) is 104 cm³/mol. The van der Waals surface area contributed by atoms with E-state index in [0.29, 0.717) is 6.04 Å². The van der Waals surface area contributed by atoms with E-state index in [0.717, 1.165) is 6.54 Å². The fourth-order valence-corrected chi connectivity index (χ4v) is 4.72. The molecule has 5 rings (SSSR count). The molecule has 2 unspecified atom stereocenters. The maximum absolute atomic E-state index is 7.00. The molecule has 0 saturated carbocycles. The summed E-state index contributed by atoms with van der Waals surface area (Å²) in [6.45, 7) is 1.07. The third-order valence-corrected chi connectivity index (χ3v) is 5.81. The minimum absolute atomic E-state index is 0.0964. The van der Waals surface area contributed by atoms with E-state index >= 15 is 0 Å².